The van der Waals surface area contributed by atoms with Gasteiger partial charge in [-0.25, -0.2) is 9.97 Å². The first-order valence-electron chi connectivity index (χ1n) is 11.0. The quantitative estimate of drug-likeness (QED) is 0.416. The lowest BCUT2D eigenvalue weighted by molar-refractivity contribution is 0.282. The van der Waals surface area contributed by atoms with Crippen LogP contribution >= 0.6 is 11.3 Å². The maximum absolute atomic E-state index is 10.3. The van der Waals surface area contributed by atoms with Gasteiger partial charge in [-0.05, 0) is 37.5 Å². The number of pyridine rings is 1. The van der Waals surface area contributed by atoms with E-state index < -0.39 is 0 Å². The fourth-order valence-corrected chi connectivity index (χ4v) is 4.83. The molecule has 34 heavy (non-hydrogen) atoms. The van der Waals surface area contributed by atoms with E-state index >= 15 is 0 Å². The van der Waals surface area contributed by atoms with Crippen LogP contribution in [-0.2, 0) is 6.61 Å². The second-order valence-corrected chi connectivity index (χ2v) is 9.16. The van der Waals surface area contributed by atoms with Gasteiger partial charge in [0.1, 0.15) is 16.8 Å². The molecule has 1 aliphatic heterocycles. The molecule has 3 aromatic heterocycles. The molecule has 170 valence electrons. The minimum absolute atomic E-state index is 0.167. The molecule has 1 aromatic carbocycles. The van der Waals surface area contributed by atoms with Gasteiger partial charge >= 0.3 is 0 Å². The molecule has 1 saturated heterocycles. The number of hydrogen-bond acceptors (Lipinski definition) is 9. The smallest absolute Gasteiger partial charge is 0.228 e. The van der Waals surface area contributed by atoms with Crippen LogP contribution in [0.25, 0.3) is 11.3 Å². The summed E-state index contributed by atoms with van der Waals surface area (Å²) in [4.78, 5) is 21.0. The van der Waals surface area contributed by atoms with Gasteiger partial charge in [0.05, 0.1) is 24.5 Å². The highest BCUT2D eigenvalue weighted by Gasteiger charge is 2.30. The summed E-state index contributed by atoms with van der Waals surface area (Å²) in [6.45, 7) is 2.66. The number of aliphatic hydroxyl groups is 1. The number of benzene rings is 1. The summed E-state index contributed by atoms with van der Waals surface area (Å²) in [5.74, 6) is 1.05. The van der Waals surface area contributed by atoms with E-state index in [9.17, 15) is 5.11 Å². The summed E-state index contributed by atoms with van der Waals surface area (Å²) in [6.07, 6.45) is 7.00. The summed E-state index contributed by atoms with van der Waals surface area (Å²) in [5, 5.41) is 23.2. The molecule has 0 radical (unpaired) electrons. The lowest BCUT2D eigenvalue weighted by Crippen LogP contribution is -2.25. The molecule has 1 fully saturated rings. The Labute approximate surface area is 201 Å². The van der Waals surface area contributed by atoms with Crippen molar-refractivity contribution >= 4 is 28.2 Å². The number of nitrogens with zero attached hydrogens (tertiary/aromatic N) is 6. The molecule has 9 heteroatoms. The van der Waals surface area contributed by atoms with Crippen molar-refractivity contribution in [3.05, 3.63) is 76.6 Å². The molecular weight excluding hydrogens is 446 g/mol. The molecule has 4 heterocycles. The maximum atomic E-state index is 10.3. The topological polar surface area (TPSA) is 111 Å². The number of nitriles is 1. The number of hydrogen-bond donors (Lipinski definition) is 2. The third kappa shape index (κ3) is 4.33. The Hall–Kier alpha value is -3.87. The van der Waals surface area contributed by atoms with E-state index in [0.29, 0.717) is 33.0 Å². The Morgan fingerprint density at radius 3 is 2.76 bits per heavy atom. The standard InChI is InChI=1S/C25H23N7OS/c1-16-6-8-17(9-7-16)21-5-3-11-32(21)24-29-22(18-4-2-10-27-13-18)20(15-33)23(30-24)31-25-28-14-19(12-26)34-25/h2,4,6-10,13-14,21,33H,3,5,11,15H2,1H3,(H,28,29,30,31). The van der Waals surface area contributed by atoms with Crippen LogP contribution < -0.4 is 10.2 Å². The molecule has 0 bridgehead atoms. The molecule has 8 nitrogen and oxygen atoms in total. The lowest BCUT2D eigenvalue weighted by Gasteiger charge is -2.27. The molecule has 4 aromatic rings. The van der Waals surface area contributed by atoms with E-state index in [1.165, 1.54) is 28.7 Å². The number of rotatable bonds is 6. The van der Waals surface area contributed by atoms with Gasteiger partial charge in [-0.3, -0.25) is 4.98 Å². The van der Waals surface area contributed by atoms with Crippen molar-refractivity contribution in [3.63, 3.8) is 0 Å². The second kappa shape index (κ2) is 9.55. The molecule has 0 aliphatic carbocycles. The molecule has 5 rings (SSSR count). The van der Waals surface area contributed by atoms with Gasteiger partial charge in [0, 0.05) is 30.1 Å². The third-order valence-electron chi connectivity index (χ3n) is 5.90. The van der Waals surface area contributed by atoms with Gasteiger partial charge in [-0.15, -0.1) is 0 Å². The van der Waals surface area contributed by atoms with E-state index in [4.69, 9.17) is 15.2 Å². The van der Waals surface area contributed by atoms with Crippen molar-refractivity contribution in [1.82, 2.24) is 19.9 Å². The first-order chi connectivity index (χ1) is 16.7. The van der Waals surface area contributed by atoms with E-state index in [-0.39, 0.29) is 12.6 Å². The van der Waals surface area contributed by atoms with E-state index in [1.807, 2.05) is 12.1 Å². The monoisotopic (exact) mass is 469 g/mol. The second-order valence-electron chi connectivity index (χ2n) is 8.13. The number of aryl methyl sites for hydroxylation is 1. The number of anilines is 3. The fourth-order valence-electron chi connectivity index (χ4n) is 4.22. The van der Waals surface area contributed by atoms with E-state index in [1.54, 1.807) is 12.4 Å². The van der Waals surface area contributed by atoms with Gasteiger partial charge in [0.15, 0.2) is 5.13 Å². The van der Waals surface area contributed by atoms with Gasteiger partial charge in [-0.2, -0.15) is 10.2 Å². The molecule has 1 unspecified atom stereocenters. The summed E-state index contributed by atoms with van der Waals surface area (Å²) in [7, 11) is 0. The van der Waals surface area contributed by atoms with E-state index in [2.05, 4.69) is 57.4 Å². The Kier molecular flexibility index (Phi) is 6.16. The van der Waals surface area contributed by atoms with Crippen LogP contribution in [0, 0.1) is 18.3 Å². The maximum Gasteiger partial charge on any atom is 0.228 e. The highest BCUT2D eigenvalue weighted by molar-refractivity contribution is 7.16. The molecule has 0 saturated carbocycles. The lowest BCUT2D eigenvalue weighted by atomic mass is 10.0. The summed E-state index contributed by atoms with van der Waals surface area (Å²) < 4.78 is 0. The average Bonchev–Trinajstić information content (AvgIpc) is 3.54. The minimum Gasteiger partial charge on any atom is -0.391 e. The van der Waals surface area contributed by atoms with Crippen LogP contribution in [0.1, 0.15) is 40.5 Å². The Morgan fingerprint density at radius 1 is 1.21 bits per heavy atom. The first kappa shape index (κ1) is 21.9. The highest BCUT2D eigenvalue weighted by atomic mass is 32.1. The third-order valence-corrected chi connectivity index (χ3v) is 6.72. The van der Waals surface area contributed by atoms with Crippen molar-refractivity contribution in [2.24, 2.45) is 0 Å². The zero-order chi connectivity index (χ0) is 23.5. The molecule has 1 aliphatic rings. The largest absolute Gasteiger partial charge is 0.391 e. The van der Waals surface area contributed by atoms with Crippen molar-refractivity contribution in [1.29, 1.82) is 5.26 Å². The molecule has 0 spiro atoms. The number of thiazole rings is 1. The number of aliphatic hydroxyl groups excluding tert-OH is 1. The van der Waals surface area contributed by atoms with E-state index in [0.717, 1.165) is 24.9 Å². The Bertz CT molecular complexity index is 1330. The van der Waals surface area contributed by atoms with Crippen molar-refractivity contribution in [2.75, 3.05) is 16.8 Å². The summed E-state index contributed by atoms with van der Waals surface area (Å²) in [5.41, 5.74) is 4.42. The van der Waals surface area contributed by atoms with Crippen molar-refractivity contribution in [3.8, 4) is 17.3 Å². The fraction of sp³-hybridized carbons (Fsp3) is 0.240. The average molecular weight is 470 g/mol. The number of nitrogens with one attached hydrogen (secondary N) is 1. The van der Waals surface area contributed by atoms with Crippen LogP contribution in [-0.4, -0.2) is 31.6 Å². The predicted molar refractivity (Wildman–Crippen MR) is 132 cm³/mol. The molecular formula is C25H23N7OS. The van der Waals surface area contributed by atoms with Gasteiger partial charge in [-0.1, -0.05) is 41.2 Å². The summed E-state index contributed by atoms with van der Waals surface area (Å²) >= 11 is 1.23. The zero-order valence-corrected chi connectivity index (χ0v) is 19.5. The molecule has 2 N–H and O–H groups in total. The van der Waals surface area contributed by atoms with Gasteiger partial charge in [0.2, 0.25) is 5.95 Å². The minimum atomic E-state index is -0.259. The Morgan fingerprint density at radius 2 is 2.06 bits per heavy atom. The van der Waals surface area contributed by atoms with Crippen LogP contribution in [0.3, 0.4) is 0 Å². The predicted octanol–water partition coefficient (Wildman–Crippen LogP) is 4.75. The number of aromatic nitrogens is 4. The van der Waals surface area contributed by atoms with Gasteiger partial charge < -0.3 is 15.3 Å². The first-order valence-corrected chi connectivity index (χ1v) is 11.9. The molecule has 0 amide bonds. The summed E-state index contributed by atoms with van der Waals surface area (Å²) in [6, 6.07) is 14.6. The van der Waals surface area contributed by atoms with Crippen LogP contribution in [0.5, 0.6) is 0 Å². The van der Waals surface area contributed by atoms with Gasteiger partial charge in [0.25, 0.3) is 0 Å². The van der Waals surface area contributed by atoms with Crippen LogP contribution in [0.15, 0.2) is 55.0 Å². The highest BCUT2D eigenvalue weighted by Crippen LogP contribution is 2.38. The zero-order valence-electron chi connectivity index (χ0n) is 18.6. The normalized spacial score (nSPS) is 15.3. The Balaban J connectivity index is 1.61. The SMILES string of the molecule is Cc1ccc(C2CCCN2c2nc(Nc3ncc(C#N)s3)c(CO)c(-c3cccnc3)n2)cc1. The molecule has 1 atom stereocenters. The van der Waals surface area contributed by atoms with Crippen molar-refractivity contribution in [2.45, 2.75) is 32.4 Å². The van der Waals surface area contributed by atoms with Crippen LogP contribution in [0.4, 0.5) is 16.9 Å². The van der Waals surface area contributed by atoms with Crippen molar-refractivity contribution < 1.29 is 5.11 Å². The van der Waals surface area contributed by atoms with Crippen LogP contribution in [0.2, 0.25) is 0 Å².